The highest BCUT2D eigenvalue weighted by atomic mass is 19.1. The normalized spacial score (nSPS) is 18.5. The van der Waals surface area contributed by atoms with E-state index in [4.69, 9.17) is 0 Å². The van der Waals surface area contributed by atoms with Gasteiger partial charge in [-0.05, 0) is 48.7 Å². The van der Waals surface area contributed by atoms with Crippen LogP contribution in [0.25, 0.3) is 0 Å². The second-order valence-corrected chi connectivity index (χ2v) is 8.97. The fourth-order valence-electron chi connectivity index (χ4n) is 5.03. The van der Waals surface area contributed by atoms with Gasteiger partial charge in [0.2, 0.25) is 0 Å². The minimum absolute atomic E-state index is 0.200. The van der Waals surface area contributed by atoms with Gasteiger partial charge in [0.15, 0.2) is 17.1 Å². The molecule has 5 nitrogen and oxygen atoms in total. The number of carbonyl (C=O) groups excluding carboxylic acids is 2. The second-order valence-electron chi connectivity index (χ2n) is 8.97. The van der Waals surface area contributed by atoms with Gasteiger partial charge in [-0.15, -0.1) is 0 Å². The van der Waals surface area contributed by atoms with E-state index in [1.54, 1.807) is 48.7 Å². The number of ketones is 2. The summed E-state index contributed by atoms with van der Waals surface area (Å²) >= 11 is 0. The fourth-order valence-corrected chi connectivity index (χ4v) is 5.03. The highest BCUT2D eigenvalue weighted by Crippen LogP contribution is 2.42. The molecule has 1 aliphatic carbocycles. The number of benzene rings is 2. The number of hydrogen-bond donors (Lipinski definition) is 0. The number of aromatic nitrogens is 1. The van der Waals surface area contributed by atoms with Crippen molar-refractivity contribution in [3.8, 4) is 0 Å². The van der Waals surface area contributed by atoms with Crippen molar-refractivity contribution < 1.29 is 14.0 Å². The third kappa shape index (κ3) is 3.50. The molecule has 1 aliphatic heterocycles. The molecule has 1 fully saturated rings. The van der Waals surface area contributed by atoms with E-state index in [1.165, 1.54) is 6.07 Å². The van der Waals surface area contributed by atoms with Crippen LogP contribution in [0.1, 0.15) is 43.1 Å². The van der Waals surface area contributed by atoms with Gasteiger partial charge in [0.05, 0.1) is 5.69 Å². The number of carbonyl (C=O) groups is 2. The fraction of sp³-hybridized carbons (Fsp3) is 0.296. The number of rotatable bonds is 4. The number of nitrogens with zero attached hydrogens (tertiary/aromatic N) is 3. The Morgan fingerprint density at radius 3 is 2.18 bits per heavy atom. The van der Waals surface area contributed by atoms with Crippen molar-refractivity contribution in [3.05, 3.63) is 100 Å². The Morgan fingerprint density at radius 2 is 1.58 bits per heavy atom. The zero-order chi connectivity index (χ0) is 23.2. The second kappa shape index (κ2) is 8.28. The lowest BCUT2D eigenvalue weighted by molar-refractivity contribution is 0.0266. The van der Waals surface area contributed by atoms with Crippen LogP contribution >= 0.6 is 0 Å². The monoisotopic (exact) mass is 443 g/mol. The average Bonchev–Trinajstić information content (AvgIpc) is 3.05. The van der Waals surface area contributed by atoms with Gasteiger partial charge >= 0.3 is 0 Å². The Kier molecular flexibility index (Phi) is 5.43. The number of fused-ring (bicyclic) bond motifs is 1. The summed E-state index contributed by atoms with van der Waals surface area (Å²) in [5.41, 5.74) is 2.95. The van der Waals surface area contributed by atoms with Crippen LogP contribution in [0.4, 0.5) is 4.39 Å². The van der Waals surface area contributed by atoms with Gasteiger partial charge < -0.3 is 0 Å². The third-order valence-corrected chi connectivity index (χ3v) is 6.91. The van der Waals surface area contributed by atoms with Gasteiger partial charge in [0, 0.05) is 50.0 Å². The molecule has 5 rings (SSSR count). The third-order valence-electron chi connectivity index (χ3n) is 6.91. The van der Waals surface area contributed by atoms with Crippen molar-refractivity contribution in [2.45, 2.75) is 25.9 Å². The zero-order valence-corrected chi connectivity index (χ0v) is 18.8. The molecule has 2 heterocycles. The van der Waals surface area contributed by atoms with E-state index < -0.39 is 5.54 Å². The highest BCUT2D eigenvalue weighted by Gasteiger charge is 2.59. The number of hydrogen-bond acceptors (Lipinski definition) is 5. The lowest BCUT2D eigenvalue weighted by Gasteiger charge is -2.43. The van der Waals surface area contributed by atoms with Crippen LogP contribution in [0, 0.1) is 19.7 Å². The molecule has 0 spiro atoms. The van der Waals surface area contributed by atoms with Crippen molar-refractivity contribution in [2.24, 2.45) is 0 Å². The summed E-state index contributed by atoms with van der Waals surface area (Å²) in [5.74, 6) is -0.638. The summed E-state index contributed by atoms with van der Waals surface area (Å²) < 4.78 is 13.7. The van der Waals surface area contributed by atoms with Crippen LogP contribution in [0.15, 0.2) is 60.8 Å². The molecule has 1 saturated heterocycles. The number of halogens is 1. The maximum Gasteiger partial charge on any atom is 0.198 e. The summed E-state index contributed by atoms with van der Waals surface area (Å²) in [7, 11) is 0. The SMILES string of the molecule is Cc1ccc(C2(N3CCN(Cc4cc(F)ccc4C)CC3)C(=O)c3ccccc3C2=O)nc1. The van der Waals surface area contributed by atoms with Gasteiger partial charge in [-0.3, -0.25) is 24.4 Å². The van der Waals surface area contributed by atoms with E-state index in [-0.39, 0.29) is 17.4 Å². The summed E-state index contributed by atoms with van der Waals surface area (Å²) in [5, 5.41) is 0. The Bertz CT molecular complexity index is 1200. The van der Waals surface area contributed by atoms with E-state index in [9.17, 15) is 14.0 Å². The van der Waals surface area contributed by atoms with Crippen molar-refractivity contribution in [1.29, 1.82) is 0 Å². The van der Waals surface area contributed by atoms with Gasteiger partial charge in [0.1, 0.15) is 5.82 Å². The lowest BCUT2D eigenvalue weighted by Crippen LogP contribution is -2.60. The predicted octanol–water partition coefficient (Wildman–Crippen LogP) is 3.93. The Balaban J connectivity index is 1.46. The first kappa shape index (κ1) is 21.6. The molecule has 0 N–H and O–H groups in total. The molecule has 2 aromatic carbocycles. The quantitative estimate of drug-likeness (QED) is 0.572. The van der Waals surface area contributed by atoms with Crippen molar-refractivity contribution in [2.75, 3.05) is 26.2 Å². The minimum Gasteiger partial charge on any atom is -0.297 e. The molecule has 0 unspecified atom stereocenters. The number of aryl methyl sites for hydroxylation is 2. The van der Waals surface area contributed by atoms with Crippen LogP contribution in [-0.2, 0) is 12.1 Å². The molecule has 2 aliphatic rings. The summed E-state index contributed by atoms with van der Waals surface area (Å²) in [6.07, 6.45) is 1.71. The molecular weight excluding hydrogens is 417 g/mol. The van der Waals surface area contributed by atoms with Gasteiger partial charge in [-0.2, -0.15) is 0 Å². The smallest absolute Gasteiger partial charge is 0.198 e. The number of Topliss-reactive ketones (excluding diaryl/α,β-unsaturated/α-hetero) is 2. The van der Waals surface area contributed by atoms with Crippen molar-refractivity contribution >= 4 is 11.6 Å². The molecule has 168 valence electrons. The number of piperazine rings is 1. The van der Waals surface area contributed by atoms with Crippen LogP contribution in [0.3, 0.4) is 0 Å². The largest absolute Gasteiger partial charge is 0.297 e. The molecule has 1 aromatic heterocycles. The Labute approximate surface area is 192 Å². The molecular formula is C27H26FN3O2. The van der Waals surface area contributed by atoms with E-state index in [0.717, 1.165) is 16.7 Å². The first-order chi connectivity index (χ1) is 15.9. The summed E-state index contributed by atoms with van der Waals surface area (Å²) in [6.45, 7) is 6.96. The molecule has 0 amide bonds. The Hall–Kier alpha value is -3.22. The first-order valence-corrected chi connectivity index (χ1v) is 11.3. The average molecular weight is 444 g/mol. The van der Waals surface area contributed by atoms with E-state index >= 15 is 0 Å². The highest BCUT2D eigenvalue weighted by molar-refractivity contribution is 6.32. The van der Waals surface area contributed by atoms with Crippen LogP contribution < -0.4 is 0 Å². The van der Waals surface area contributed by atoms with Gasteiger partial charge in [-0.1, -0.05) is 36.4 Å². The predicted molar refractivity (Wildman–Crippen MR) is 124 cm³/mol. The molecule has 0 radical (unpaired) electrons. The maximum atomic E-state index is 13.8. The van der Waals surface area contributed by atoms with E-state index in [0.29, 0.717) is 49.5 Å². The first-order valence-electron chi connectivity index (χ1n) is 11.3. The topological polar surface area (TPSA) is 53.5 Å². The zero-order valence-electron chi connectivity index (χ0n) is 18.8. The Morgan fingerprint density at radius 1 is 0.909 bits per heavy atom. The molecule has 3 aromatic rings. The minimum atomic E-state index is -1.43. The van der Waals surface area contributed by atoms with Crippen LogP contribution in [0.2, 0.25) is 0 Å². The van der Waals surface area contributed by atoms with Gasteiger partial charge in [-0.25, -0.2) is 4.39 Å². The van der Waals surface area contributed by atoms with Crippen LogP contribution in [0.5, 0.6) is 0 Å². The van der Waals surface area contributed by atoms with Crippen molar-refractivity contribution in [3.63, 3.8) is 0 Å². The van der Waals surface area contributed by atoms with Crippen LogP contribution in [-0.4, -0.2) is 52.5 Å². The number of pyridine rings is 1. The van der Waals surface area contributed by atoms with Crippen molar-refractivity contribution in [1.82, 2.24) is 14.8 Å². The molecule has 0 atom stereocenters. The summed E-state index contributed by atoms with van der Waals surface area (Å²) in [4.78, 5) is 36.4. The molecule has 33 heavy (non-hydrogen) atoms. The lowest BCUT2D eigenvalue weighted by atomic mass is 9.85. The van der Waals surface area contributed by atoms with Gasteiger partial charge in [0.25, 0.3) is 0 Å². The standard InChI is InChI=1S/C27H26FN3O2/c1-18-7-10-24(29-16-18)27(25(32)22-5-3-4-6-23(22)26(27)33)31-13-11-30(12-14-31)17-20-15-21(28)9-8-19(20)2/h3-10,15-16H,11-14,17H2,1-2H3. The van der Waals surface area contributed by atoms with E-state index in [1.807, 2.05) is 24.8 Å². The molecule has 0 saturated carbocycles. The molecule has 0 bridgehead atoms. The molecule has 6 heteroatoms. The maximum absolute atomic E-state index is 13.8. The summed E-state index contributed by atoms with van der Waals surface area (Å²) in [6, 6.07) is 15.6. The van der Waals surface area contributed by atoms with E-state index in [2.05, 4.69) is 9.88 Å².